The maximum Gasteiger partial charge on any atom is 0.243 e. The van der Waals surface area contributed by atoms with E-state index in [1.807, 2.05) is 13.8 Å². The van der Waals surface area contributed by atoms with Gasteiger partial charge in [-0.3, -0.25) is 4.79 Å². The number of guanidine groups is 1. The van der Waals surface area contributed by atoms with Gasteiger partial charge in [-0.15, -0.1) is 24.0 Å². The number of benzene rings is 1. The first kappa shape index (κ1) is 26.4. The Morgan fingerprint density at radius 1 is 1.25 bits per heavy atom. The van der Waals surface area contributed by atoms with Crippen molar-refractivity contribution in [3.8, 4) is 5.75 Å². The van der Waals surface area contributed by atoms with Gasteiger partial charge in [-0.2, -0.15) is 0 Å². The van der Waals surface area contributed by atoms with Crippen molar-refractivity contribution < 1.29 is 18.7 Å². The quantitative estimate of drug-likeness (QED) is 0.207. The molecule has 0 saturated carbocycles. The van der Waals surface area contributed by atoms with E-state index in [1.54, 1.807) is 26.2 Å². The van der Waals surface area contributed by atoms with Crippen molar-refractivity contribution in [2.45, 2.75) is 26.4 Å². The summed E-state index contributed by atoms with van der Waals surface area (Å²) in [4.78, 5) is 17.6. The third-order valence-corrected chi connectivity index (χ3v) is 3.54. The lowest BCUT2D eigenvalue weighted by Crippen LogP contribution is -2.43. The normalized spacial score (nSPS) is 12.0. The summed E-state index contributed by atoms with van der Waals surface area (Å²) in [6, 6.07) is 5.88. The maximum absolute atomic E-state index is 12.9. The number of aliphatic imine (C=N–C) groups is 1. The van der Waals surface area contributed by atoms with Crippen LogP contribution in [0.25, 0.3) is 0 Å². The van der Waals surface area contributed by atoms with Crippen molar-refractivity contribution in [1.29, 1.82) is 0 Å². The van der Waals surface area contributed by atoms with Gasteiger partial charge in [-0.05, 0) is 44.5 Å². The lowest BCUT2D eigenvalue weighted by Gasteiger charge is -2.18. The minimum atomic E-state index is -0.302. The maximum atomic E-state index is 12.9. The van der Waals surface area contributed by atoms with Crippen LogP contribution in [0.3, 0.4) is 0 Å². The van der Waals surface area contributed by atoms with Crippen molar-refractivity contribution in [3.05, 3.63) is 30.1 Å². The summed E-state index contributed by atoms with van der Waals surface area (Å²) in [5.74, 6) is 0.748. The second kappa shape index (κ2) is 15.3. The molecule has 1 rings (SSSR count). The van der Waals surface area contributed by atoms with Crippen LogP contribution in [0, 0.1) is 5.82 Å². The number of halogens is 2. The summed E-state index contributed by atoms with van der Waals surface area (Å²) in [7, 11) is 3.39. The average Bonchev–Trinajstić information content (AvgIpc) is 2.64. The predicted octanol–water partition coefficient (Wildman–Crippen LogP) is 2.26. The molecule has 2 N–H and O–H groups in total. The van der Waals surface area contributed by atoms with E-state index in [0.29, 0.717) is 38.0 Å². The molecule has 7 nitrogen and oxygen atoms in total. The third-order valence-electron chi connectivity index (χ3n) is 3.54. The molecule has 0 aliphatic rings. The first-order chi connectivity index (χ1) is 12.9. The van der Waals surface area contributed by atoms with Crippen LogP contribution in [-0.2, 0) is 9.53 Å². The Balaban J connectivity index is 0.00000729. The summed E-state index contributed by atoms with van der Waals surface area (Å²) >= 11 is 0. The van der Waals surface area contributed by atoms with E-state index in [4.69, 9.17) is 9.47 Å². The summed E-state index contributed by atoms with van der Waals surface area (Å²) in [5.41, 5.74) is 0. The average molecular weight is 510 g/mol. The van der Waals surface area contributed by atoms with E-state index >= 15 is 0 Å². The highest BCUT2D eigenvalue weighted by Crippen LogP contribution is 2.12. The number of carbonyl (C=O) groups is 1. The fraction of sp³-hybridized carbons (Fsp3) is 0.579. The van der Waals surface area contributed by atoms with Gasteiger partial charge in [0.05, 0.1) is 6.54 Å². The van der Waals surface area contributed by atoms with Crippen LogP contribution in [0.2, 0.25) is 0 Å². The number of ether oxygens (including phenoxy) is 2. The van der Waals surface area contributed by atoms with Crippen LogP contribution in [0.4, 0.5) is 4.39 Å². The number of nitrogens with one attached hydrogen (secondary N) is 2. The van der Waals surface area contributed by atoms with Crippen molar-refractivity contribution in [3.63, 3.8) is 0 Å². The zero-order chi connectivity index (χ0) is 20.1. The topological polar surface area (TPSA) is 75.2 Å². The first-order valence-electron chi connectivity index (χ1n) is 9.14. The molecule has 0 saturated heterocycles. The van der Waals surface area contributed by atoms with Gasteiger partial charge >= 0.3 is 0 Å². The number of hydrogen-bond donors (Lipinski definition) is 2. The van der Waals surface area contributed by atoms with Gasteiger partial charge in [0.15, 0.2) is 5.96 Å². The third kappa shape index (κ3) is 12.0. The largest absolute Gasteiger partial charge is 0.489 e. The predicted molar refractivity (Wildman–Crippen MR) is 120 cm³/mol. The van der Waals surface area contributed by atoms with Crippen LogP contribution in [0.1, 0.15) is 20.3 Å². The summed E-state index contributed by atoms with van der Waals surface area (Å²) < 4.78 is 24.0. The fourth-order valence-electron chi connectivity index (χ4n) is 2.02. The Hall–Kier alpha value is -1.62. The molecule has 0 aliphatic carbocycles. The molecule has 1 unspecified atom stereocenters. The minimum absolute atomic E-state index is 0. The van der Waals surface area contributed by atoms with E-state index in [2.05, 4.69) is 15.6 Å². The number of hydrogen-bond acceptors (Lipinski definition) is 4. The van der Waals surface area contributed by atoms with E-state index in [-0.39, 0.29) is 48.3 Å². The van der Waals surface area contributed by atoms with Crippen LogP contribution in [-0.4, -0.2) is 69.8 Å². The Labute approximate surface area is 184 Å². The second-order valence-corrected chi connectivity index (χ2v) is 6.19. The highest BCUT2D eigenvalue weighted by atomic mass is 127. The van der Waals surface area contributed by atoms with Crippen LogP contribution >= 0.6 is 24.0 Å². The van der Waals surface area contributed by atoms with Crippen molar-refractivity contribution in [2.75, 3.05) is 46.9 Å². The molecule has 1 atom stereocenters. The SMILES string of the molecule is CCOCCCNC(=NCC(=O)N(C)C)NCC(C)Oc1ccc(F)cc1.I. The first-order valence-corrected chi connectivity index (χ1v) is 9.14. The van der Waals surface area contributed by atoms with Gasteiger partial charge in [0, 0.05) is 33.9 Å². The fourth-order valence-corrected chi connectivity index (χ4v) is 2.02. The van der Waals surface area contributed by atoms with E-state index in [1.165, 1.54) is 17.0 Å². The summed E-state index contributed by atoms with van der Waals surface area (Å²) in [5, 5.41) is 6.35. The van der Waals surface area contributed by atoms with Crippen molar-refractivity contribution >= 4 is 35.8 Å². The molecule has 160 valence electrons. The Bertz CT molecular complexity index is 585. The summed E-state index contributed by atoms with van der Waals surface area (Å²) in [6.07, 6.45) is 0.660. The molecular formula is C19H32FIN4O3. The van der Waals surface area contributed by atoms with E-state index in [0.717, 1.165) is 6.42 Å². The van der Waals surface area contributed by atoms with Crippen LogP contribution < -0.4 is 15.4 Å². The van der Waals surface area contributed by atoms with Gasteiger partial charge in [0.1, 0.15) is 24.2 Å². The molecule has 1 aromatic carbocycles. The molecule has 0 heterocycles. The molecular weight excluding hydrogens is 478 g/mol. The zero-order valence-electron chi connectivity index (χ0n) is 17.0. The molecule has 0 fully saturated rings. The molecule has 28 heavy (non-hydrogen) atoms. The number of rotatable bonds is 11. The van der Waals surface area contributed by atoms with Gasteiger partial charge in [-0.25, -0.2) is 9.38 Å². The van der Waals surface area contributed by atoms with Crippen LogP contribution in [0.5, 0.6) is 5.75 Å². The van der Waals surface area contributed by atoms with Gasteiger partial charge in [-0.1, -0.05) is 0 Å². The van der Waals surface area contributed by atoms with E-state index in [9.17, 15) is 9.18 Å². The lowest BCUT2D eigenvalue weighted by atomic mass is 10.3. The Kier molecular flexibility index (Phi) is 14.4. The summed E-state index contributed by atoms with van der Waals surface area (Å²) in [6.45, 7) is 6.42. The van der Waals surface area contributed by atoms with Crippen molar-refractivity contribution in [1.82, 2.24) is 15.5 Å². The van der Waals surface area contributed by atoms with Crippen molar-refractivity contribution in [2.24, 2.45) is 4.99 Å². The van der Waals surface area contributed by atoms with Crippen LogP contribution in [0.15, 0.2) is 29.3 Å². The lowest BCUT2D eigenvalue weighted by molar-refractivity contribution is -0.127. The number of carbonyl (C=O) groups excluding carboxylic acids is 1. The molecule has 0 aromatic heterocycles. The molecule has 0 bridgehead atoms. The van der Waals surface area contributed by atoms with Gasteiger partial charge in [0.25, 0.3) is 0 Å². The van der Waals surface area contributed by atoms with Gasteiger partial charge < -0.3 is 25.0 Å². The standard InChI is InChI=1S/C19H31FN4O3.HI/c1-5-26-12-6-11-21-19(23-14-18(25)24(3)4)22-13-15(2)27-17-9-7-16(20)8-10-17;/h7-10,15H,5-6,11-14H2,1-4H3,(H2,21,22,23);1H. The minimum Gasteiger partial charge on any atom is -0.489 e. The van der Waals surface area contributed by atoms with E-state index < -0.39 is 0 Å². The smallest absolute Gasteiger partial charge is 0.243 e. The highest BCUT2D eigenvalue weighted by Gasteiger charge is 2.08. The Morgan fingerprint density at radius 3 is 2.54 bits per heavy atom. The molecule has 0 spiro atoms. The van der Waals surface area contributed by atoms with Gasteiger partial charge in [0.2, 0.25) is 5.91 Å². The second-order valence-electron chi connectivity index (χ2n) is 6.19. The number of amides is 1. The number of likely N-dealkylation sites (N-methyl/N-ethyl adjacent to an activating group) is 1. The molecule has 0 radical (unpaired) electrons. The molecule has 0 aliphatic heterocycles. The zero-order valence-corrected chi connectivity index (χ0v) is 19.4. The highest BCUT2D eigenvalue weighted by molar-refractivity contribution is 14.0. The number of nitrogens with zero attached hydrogens (tertiary/aromatic N) is 2. The molecule has 1 aromatic rings. The Morgan fingerprint density at radius 2 is 1.93 bits per heavy atom. The molecule has 1 amide bonds. The molecule has 9 heteroatoms. The monoisotopic (exact) mass is 510 g/mol.